The van der Waals surface area contributed by atoms with Crippen molar-refractivity contribution in [2.45, 2.75) is 26.3 Å². The second kappa shape index (κ2) is 6.08. The fourth-order valence-electron chi connectivity index (χ4n) is 2.55. The summed E-state index contributed by atoms with van der Waals surface area (Å²) >= 11 is 0. The molecule has 21 heavy (non-hydrogen) atoms. The van der Waals surface area contributed by atoms with Gasteiger partial charge >= 0.3 is 0 Å². The molecule has 0 amide bonds. The zero-order valence-corrected chi connectivity index (χ0v) is 13.4. The molecule has 2 aromatic rings. The van der Waals surface area contributed by atoms with E-state index in [1.807, 2.05) is 37.0 Å². The van der Waals surface area contributed by atoms with Crippen molar-refractivity contribution in [1.82, 2.24) is 9.78 Å². The average Bonchev–Trinajstić information content (AvgIpc) is 2.74. The van der Waals surface area contributed by atoms with Crippen molar-refractivity contribution in [3.8, 4) is 5.75 Å². The number of hydrogen-bond donors (Lipinski definition) is 1. The van der Waals surface area contributed by atoms with Crippen molar-refractivity contribution in [3.63, 3.8) is 0 Å². The number of rotatable bonds is 5. The highest BCUT2D eigenvalue weighted by molar-refractivity contribution is 5.67. The number of anilines is 2. The maximum Gasteiger partial charge on any atom is 0.150 e. The fourth-order valence-corrected chi connectivity index (χ4v) is 2.55. The molecule has 2 rings (SSSR count). The number of ether oxygens (including phenoxy) is 1. The molecule has 1 aromatic carbocycles. The normalized spacial score (nSPS) is 11.0. The molecule has 0 fully saturated rings. The van der Waals surface area contributed by atoms with Crippen LogP contribution in [0.1, 0.15) is 31.0 Å². The summed E-state index contributed by atoms with van der Waals surface area (Å²) in [5.41, 5.74) is 9.15. The summed E-state index contributed by atoms with van der Waals surface area (Å²) in [5, 5.41) is 4.53. The van der Waals surface area contributed by atoms with Gasteiger partial charge in [0, 0.05) is 20.6 Å². The summed E-state index contributed by atoms with van der Waals surface area (Å²) in [6, 6.07) is 8.05. The smallest absolute Gasteiger partial charge is 0.150 e. The summed E-state index contributed by atoms with van der Waals surface area (Å²) in [7, 11) is 5.63. The SMILES string of the molecule is COc1cccc(CN(C)c2c(N)c(C(C)C)nn2C)c1. The van der Waals surface area contributed by atoms with Crippen molar-refractivity contribution in [2.75, 3.05) is 24.8 Å². The van der Waals surface area contributed by atoms with Gasteiger partial charge in [-0.3, -0.25) is 4.68 Å². The van der Waals surface area contributed by atoms with Crippen LogP contribution in [0.15, 0.2) is 24.3 Å². The van der Waals surface area contributed by atoms with E-state index in [0.29, 0.717) is 5.92 Å². The molecule has 0 saturated heterocycles. The Hall–Kier alpha value is -2.17. The third kappa shape index (κ3) is 3.12. The van der Waals surface area contributed by atoms with Gasteiger partial charge in [0.1, 0.15) is 11.6 Å². The lowest BCUT2D eigenvalue weighted by Gasteiger charge is -2.20. The monoisotopic (exact) mass is 288 g/mol. The van der Waals surface area contributed by atoms with Gasteiger partial charge in [-0.1, -0.05) is 26.0 Å². The summed E-state index contributed by atoms with van der Waals surface area (Å²) in [5.74, 6) is 2.12. The van der Waals surface area contributed by atoms with Crippen LogP contribution in [0, 0.1) is 0 Å². The molecule has 0 saturated carbocycles. The van der Waals surface area contributed by atoms with E-state index in [0.717, 1.165) is 29.5 Å². The zero-order valence-electron chi connectivity index (χ0n) is 13.4. The second-order valence-corrected chi connectivity index (χ2v) is 5.61. The molecule has 0 radical (unpaired) electrons. The van der Waals surface area contributed by atoms with Gasteiger partial charge in [-0.2, -0.15) is 5.10 Å². The minimum atomic E-state index is 0.315. The number of hydrogen-bond acceptors (Lipinski definition) is 4. The van der Waals surface area contributed by atoms with Gasteiger partial charge in [0.05, 0.1) is 18.5 Å². The first-order valence-electron chi connectivity index (χ1n) is 7.10. The van der Waals surface area contributed by atoms with Gasteiger partial charge in [0.25, 0.3) is 0 Å². The van der Waals surface area contributed by atoms with E-state index in [2.05, 4.69) is 29.9 Å². The van der Waals surface area contributed by atoms with Crippen LogP contribution in [0.4, 0.5) is 11.5 Å². The van der Waals surface area contributed by atoms with Gasteiger partial charge in [-0.15, -0.1) is 0 Å². The van der Waals surface area contributed by atoms with Crippen molar-refractivity contribution in [2.24, 2.45) is 7.05 Å². The van der Waals surface area contributed by atoms with Crippen LogP contribution in [0.5, 0.6) is 5.75 Å². The third-order valence-electron chi connectivity index (χ3n) is 3.54. The maximum atomic E-state index is 6.27. The third-order valence-corrected chi connectivity index (χ3v) is 3.54. The van der Waals surface area contributed by atoms with Crippen LogP contribution in [-0.4, -0.2) is 23.9 Å². The van der Waals surface area contributed by atoms with Crippen LogP contribution >= 0.6 is 0 Å². The predicted octanol–water partition coefficient (Wildman–Crippen LogP) is 2.77. The number of nitrogens with zero attached hydrogens (tertiary/aromatic N) is 3. The average molecular weight is 288 g/mol. The van der Waals surface area contributed by atoms with E-state index in [4.69, 9.17) is 10.5 Å². The first-order valence-corrected chi connectivity index (χ1v) is 7.10. The van der Waals surface area contributed by atoms with E-state index in [-0.39, 0.29) is 0 Å². The highest BCUT2D eigenvalue weighted by Gasteiger charge is 2.19. The number of aromatic nitrogens is 2. The molecule has 0 aliphatic carbocycles. The molecule has 0 atom stereocenters. The van der Waals surface area contributed by atoms with Crippen LogP contribution in [0.3, 0.4) is 0 Å². The van der Waals surface area contributed by atoms with Crippen molar-refractivity contribution < 1.29 is 4.74 Å². The number of aryl methyl sites for hydroxylation is 1. The molecular formula is C16H24N4O. The van der Waals surface area contributed by atoms with Gasteiger partial charge in [-0.25, -0.2) is 0 Å². The lowest BCUT2D eigenvalue weighted by Crippen LogP contribution is -2.20. The largest absolute Gasteiger partial charge is 0.497 e. The quantitative estimate of drug-likeness (QED) is 0.919. The number of benzene rings is 1. The Morgan fingerprint density at radius 2 is 2.10 bits per heavy atom. The molecule has 0 bridgehead atoms. The minimum absolute atomic E-state index is 0.315. The van der Waals surface area contributed by atoms with Gasteiger partial charge in [0.15, 0.2) is 0 Å². The first kappa shape index (κ1) is 15.2. The maximum absolute atomic E-state index is 6.27. The predicted molar refractivity (Wildman–Crippen MR) is 86.8 cm³/mol. The molecule has 114 valence electrons. The van der Waals surface area contributed by atoms with Crippen molar-refractivity contribution in [3.05, 3.63) is 35.5 Å². The molecule has 5 nitrogen and oxygen atoms in total. The Kier molecular flexibility index (Phi) is 4.40. The zero-order chi connectivity index (χ0) is 15.6. The van der Waals surface area contributed by atoms with Gasteiger partial charge < -0.3 is 15.4 Å². The van der Waals surface area contributed by atoms with Crippen molar-refractivity contribution in [1.29, 1.82) is 0 Å². The Morgan fingerprint density at radius 1 is 1.38 bits per heavy atom. The summed E-state index contributed by atoms with van der Waals surface area (Å²) in [6.07, 6.45) is 0. The topological polar surface area (TPSA) is 56.3 Å². The van der Waals surface area contributed by atoms with Gasteiger partial charge in [-0.05, 0) is 23.6 Å². The summed E-state index contributed by atoms with van der Waals surface area (Å²) in [4.78, 5) is 2.11. The van der Waals surface area contributed by atoms with Crippen LogP contribution in [0.25, 0.3) is 0 Å². The summed E-state index contributed by atoms with van der Waals surface area (Å²) < 4.78 is 7.12. The minimum Gasteiger partial charge on any atom is -0.497 e. The molecule has 0 spiro atoms. The highest BCUT2D eigenvalue weighted by atomic mass is 16.5. The first-order chi connectivity index (χ1) is 9.93. The van der Waals surface area contributed by atoms with Crippen molar-refractivity contribution >= 4 is 11.5 Å². The van der Waals surface area contributed by atoms with E-state index in [9.17, 15) is 0 Å². The highest BCUT2D eigenvalue weighted by Crippen LogP contribution is 2.30. The summed E-state index contributed by atoms with van der Waals surface area (Å²) in [6.45, 7) is 4.95. The van der Waals surface area contributed by atoms with Crippen LogP contribution < -0.4 is 15.4 Å². The lowest BCUT2D eigenvalue weighted by molar-refractivity contribution is 0.414. The Labute approximate surface area is 126 Å². The molecule has 1 aromatic heterocycles. The van der Waals surface area contributed by atoms with Crippen LogP contribution in [0.2, 0.25) is 0 Å². The van der Waals surface area contributed by atoms with Crippen LogP contribution in [-0.2, 0) is 13.6 Å². The molecule has 2 N–H and O–H groups in total. The molecule has 5 heteroatoms. The Balaban J connectivity index is 2.26. The van der Waals surface area contributed by atoms with E-state index in [1.165, 1.54) is 5.56 Å². The van der Waals surface area contributed by atoms with E-state index in [1.54, 1.807) is 7.11 Å². The van der Waals surface area contributed by atoms with Gasteiger partial charge in [0.2, 0.25) is 0 Å². The second-order valence-electron chi connectivity index (χ2n) is 5.61. The molecule has 1 heterocycles. The number of nitrogens with two attached hydrogens (primary N) is 1. The molecule has 0 aliphatic heterocycles. The van der Waals surface area contributed by atoms with E-state index < -0.39 is 0 Å². The molecular weight excluding hydrogens is 264 g/mol. The molecule has 0 aliphatic rings. The Bertz CT molecular complexity index is 619. The number of nitrogen functional groups attached to an aromatic ring is 1. The van der Waals surface area contributed by atoms with E-state index >= 15 is 0 Å². The molecule has 0 unspecified atom stereocenters. The standard InChI is InChI=1S/C16H24N4O/c1-11(2)15-14(17)16(20(4)18-15)19(3)10-12-7-6-8-13(9-12)21-5/h6-9,11H,10,17H2,1-5H3. The Morgan fingerprint density at radius 3 is 2.67 bits per heavy atom. The number of methoxy groups -OCH3 is 1. The fraction of sp³-hybridized carbons (Fsp3) is 0.438. The lowest BCUT2D eigenvalue weighted by atomic mass is 10.1.